The van der Waals surface area contributed by atoms with Crippen molar-refractivity contribution in [3.63, 3.8) is 0 Å². The van der Waals surface area contributed by atoms with Gasteiger partial charge in [-0.1, -0.05) is 0 Å². The number of rotatable bonds is 0. The van der Waals surface area contributed by atoms with Gasteiger partial charge >= 0.3 is 101 Å². The Morgan fingerprint density at radius 1 is 0.789 bits per heavy atom. The summed E-state index contributed by atoms with van der Waals surface area (Å²) in [4.78, 5) is 0. The van der Waals surface area contributed by atoms with Crippen LogP contribution in [0.25, 0.3) is 0 Å². The Morgan fingerprint density at radius 3 is 1.79 bits per heavy atom. The fraction of sp³-hybridized carbons (Fsp3) is 0.556. The second-order valence-electron chi connectivity index (χ2n) is 13.3. The van der Waals surface area contributed by atoms with Crippen LogP contribution in [0, 0.1) is 11.8 Å². The summed E-state index contributed by atoms with van der Waals surface area (Å²) in [5.41, 5.74) is 1.28. The zero-order chi connectivity index (χ0) is 11.5. The van der Waals surface area contributed by atoms with Crippen molar-refractivity contribution in [2.24, 2.45) is 0 Å². The average molecular weight is 281 g/mol. The zero-order valence-electron chi connectivity index (χ0n) is 10.5. The van der Waals surface area contributed by atoms with Crippen LogP contribution < -0.4 is 0 Å². The predicted octanol–water partition coefficient (Wildman–Crippen LogP) is 4.80. The summed E-state index contributed by atoms with van der Waals surface area (Å²) in [6, 6.07) is 10.8. The van der Waals surface area contributed by atoms with Crippen LogP contribution in [0.2, 0.25) is 45.8 Å². The van der Waals surface area contributed by atoms with Crippen molar-refractivity contribution < 1.29 is 7.25 Å². The molecule has 1 heteroatoms. The van der Waals surface area contributed by atoms with E-state index in [1.807, 2.05) is 0 Å². The standard InChI is InChI=1S/C13H9.C5H5.V/c1-2-6-12(7-3-1)10-11-13-8-4-5-9-13;1-2-4-5-3-1;/h1-9H;1-5H;. The third-order valence-electron chi connectivity index (χ3n) is 19.4. The van der Waals surface area contributed by atoms with Gasteiger partial charge in [-0.05, 0) is 0 Å². The molecule has 4 unspecified atom stereocenters. The summed E-state index contributed by atoms with van der Waals surface area (Å²) >= 11 is 0. The average Bonchev–Trinajstić information content (AvgIpc) is 3.38. The number of benzene rings is 1. The van der Waals surface area contributed by atoms with E-state index in [0.29, 0.717) is 0 Å². The first-order chi connectivity index (χ1) is 9.12. The minimum atomic E-state index is -3.18. The Kier molecular flexibility index (Phi) is 0.221. The van der Waals surface area contributed by atoms with Crippen molar-refractivity contribution in [3.8, 4) is 11.8 Å². The maximum absolute atomic E-state index is 4.04. The van der Waals surface area contributed by atoms with E-state index in [0.717, 1.165) is 4.13 Å². The monoisotopic (exact) mass is 281 g/mol. The van der Waals surface area contributed by atoms with Crippen molar-refractivity contribution in [3.05, 3.63) is 35.9 Å². The van der Waals surface area contributed by atoms with E-state index in [2.05, 4.69) is 42.2 Å². The molecule has 10 heterocycles. The third-order valence-corrected chi connectivity index (χ3v) is 72.8. The molecule has 1 spiro atoms. The van der Waals surface area contributed by atoms with E-state index >= 15 is 0 Å². The van der Waals surface area contributed by atoms with Gasteiger partial charge in [0.15, 0.2) is 0 Å². The van der Waals surface area contributed by atoms with E-state index in [-0.39, 0.29) is 0 Å². The van der Waals surface area contributed by atoms with Crippen LogP contribution in [0.4, 0.5) is 0 Å². The molecule has 4 atom stereocenters. The Labute approximate surface area is 101 Å². The molecule has 0 saturated carbocycles. The molecule has 11 rings (SSSR count). The molecule has 0 radical (unpaired) electrons. The van der Waals surface area contributed by atoms with Crippen LogP contribution in [0.3, 0.4) is 0 Å². The first kappa shape index (κ1) is 6.88. The third kappa shape index (κ3) is 0.0800. The minimum absolute atomic E-state index is 0.805. The molecule has 91 valence electrons. The molecular weight excluding hydrogens is 267 g/mol. The number of hydrogen-bond donors (Lipinski definition) is 0. The topological polar surface area (TPSA) is 0 Å². The second kappa shape index (κ2) is 0.609. The molecule has 0 bridgehead atoms. The predicted molar refractivity (Wildman–Crippen MR) is 69.8 cm³/mol. The summed E-state index contributed by atoms with van der Waals surface area (Å²) in [5.74, 6) is 7.70. The molecule has 0 aromatic heterocycles. The molecule has 0 N–H and O–H groups in total. The van der Waals surface area contributed by atoms with Crippen LogP contribution >= 0.6 is 0 Å². The van der Waals surface area contributed by atoms with Gasteiger partial charge in [0.1, 0.15) is 0 Å². The quantitative estimate of drug-likeness (QED) is 0.599. The fourth-order valence-corrected chi connectivity index (χ4v) is 124. The van der Waals surface area contributed by atoms with Crippen LogP contribution in [-0.2, 0) is 7.25 Å². The molecule has 19 heavy (non-hydrogen) atoms. The molecule has 10 saturated heterocycles. The first-order valence-electron chi connectivity index (χ1n) is 8.45. The summed E-state index contributed by atoms with van der Waals surface area (Å²) in [5, 5.41) is 0. The van der Waals surface area contributed by atoms with Gasteiger partial charge in [-0.15, -0.1) is 0 Å². The first-order valence-corrected chi connectivity index (χ1v) is 16.4. The molecule has 1 aromatic rings. The normalized spacial score (nSPS) is 107. The zero-order valence-corrected chi connectivity index (χ0v) is 11.9. The summed E-state index contributed by atoms with van der Waals surface area (Å²) in [6.45, 7) is 0. The Morgan fingerprint density at radius 2 is 1.37 bits per heavy atom. The molecule has 0 amide bonds. The Hall–Kier alpha value is -0.636. The fourth-order valence-electron chi connectivity index (χ4n) is 22.0. The van der Waals surface area contributed by atoms with Crippen LogP contribution in [0.1, 0.15) is 5.56 Å². The summed E-state index contributed by atoms with van der Waals surface area (Å²) in [6.07, 6.45) is 0. The van der Waals surface area contributed by atoms with Crippen molar-refractivity contribution in [2.75, 3.05) is 0 Å². The van der Waals surface area contributed by atoms with E-state index < -0.39 is 7.25 Å². The van der Waals surface area contributed by atoms with Crippen molar-refractivity contribution >= 4 is 0 Å². The molecule has 0 nitrogen and oxygen atoms in total. The van der Waals surface area contributed by atoms with Gasteiger partial charge in [0.05, 0.1) is 0 Å². The molecular formula is C18H14V. The van der Waals surface area contributed by atoms with Gasteiger partial charge in [0.2, 0.25) is 0 Å². The van der Waals surface area contributed by atoms with E-state index in [1.165, 1.54) is 47.2 Å². The molecule has 10 aliphatic rings. The van der Waals surface area contributed by atoms with Gasteiger partial charge in [-0.25, -0.2) is 0 Å². The SMILES string of the molecule is C(#C[C]12[CH]3[CH]4[CH]5[CH]1[V]45321678[CH]2[CH]1[CH]6[CH]7[CH]28)c1ccccc1. The van der Waals surface area contributed by atoms with Crippen molar-refractivity contribution in [2.45, 2.75) is 45.8 Å². The number of fused-ring (bicyclic) bond motifs is 10. The van der Waals surface area contributed by atoms with Gasteiger partial charge < -0.3 is 0 Å². The summed E-state index contributed by atoms with van der Waals surface area (Å²) < 4.78 is 13.5. The van der Waals surface area contributed by atoms with Gasteiger partial charge in [-0.2, -0.15) is 0 Å². The molecule has 0 aliphatic carbocycles. The maximum atomic E-state index is 4.04. The van der Waals surface area contributed by atoms with Crippen LogP contribution in [0.5, 0.6) is 0 Å². The van der Waals surface area contributed by atoms with Crippen molar-refractivity contribution in [1.29, 1.82) is 0 Å². The Balaban J connectivity index is 1.39. The Bertz CT molecular complexity index is 1150. The summed E-state index contributed by atoms with van der Waals surface area (Å²) in [7, 11) is -3.18. The van der Waals surface area contributed by atoms with Crippen LogP contribution in [-0.4, -0.2) is 0 Å². The van der Waals surface area contributed by atoms with E-state index in [4.69, 9.17) is 0 Å². The molecule has 10 aliphatic heterocycles. The van der Waals surface area contributed by atoms with Gasteiger partial charge in [-0.3, -0.25) is 0 Å². The van der Waals surface area contributed by atoms with Gasteiger partial charge in [0, 0.05) is 0 Å². The number of hydrogen-bond acceptors (Lipinski definition) is 0. The van der Waals surface area contributed by atoms with Gasteiger partial charge in [0.25, 0.3) is 0 Å². The molecule has 1 aromatic carbocycles. The van der Waals surface area contributed by atoms with E-state index in [1.54, 1.807) is 0 Å². The van der Waals surface area contributed by atoms with Crippen LogP contribution in [0.15, 0.2) is 30.3 Å². The van der Waals surface area contributed by atoms with Crippen molar-refractivity contribution in [1.82, 2.24) is 0 Å². The second-order valence-corrected chi connectivity index (χ2v) is 43.1. The van der Waals surface area contributed by atoms with E-state index in [9.17, 15) is 0 Å². The molecule has 10 fully saturated rings.